The number of piperazine rings is 1. The van der Waals surface area contributed by atoms with E-state index in [2.05, 4.69) is 22.1 Å². The summed E-state index contributed by atoms with van der Waals surface area (Å²) in [7, 11) is 0. The number of nitrogens with two attached hydrogens (primary N) is 1. The summed E-state index contributed by atoms with van der Waals surface area (Å²) in [6.45, 7) is 7.14. The second-order valence-electron chi connectivity index (χ2n) is 10.2. The summed E-state index contributed by atoms with van der Waals surface area (Å²) < 4.78 is 0. The van der Waals surface area contributed by atoms with Gasteiger partial charge in [0.2, 0.25) is 11.8 Å². The highest BCUT2D eigenvalue weighted by Gasteiger charge is 2.31. The second-order valence-corrected chi connectivity index (χ2v) is 11.7. The van der Waals surface area contributed by atoms with E-state index in [-0.39, 0.29) is 23.8 Å². The van der Waals surface area contributed by atoms with Gasteiger partial charge in [0.05, 0.1) is 22.0 Å². The van der Waals surface area contributed by atoms with E-state index < -0.39 is 6.04 Å². The summed E-state index contributed by atoms with van der Waals surface area (Å²) in [5.74, 6) is 2.74. The number of halogens is 1. The molecular weight excluding hydrogens is 512 g/mol. The Hall–Kier alpha value is -2.49. The Morgan fingerprint density at radius 1 is 1.22 bits per heavy atom. The third-order valence-electron chi connectivity index (χ3n) is 7.58. The maximum absolute atomic E-state index is 12.9. The lowest BCUT2D eigenvalue weighted by Gasteiger charge is -2.39. The van der Waals surface area contributed by atoms with E-state index in [9.17, 15) is 14.4 Å². The molecule has 0 aromatic carbocycles. The molecule has 1 saturated heterocycles. The molecule has 1 aromatic rings. The van der Waals surface area contributed by atoms with E-state index in [1.807, 2.05) is 10.8 Å². The molecular formula is C26H35ClN6O3S. The zero-order valence-corrected chi connectivity index (χ0v) is 22.9. The van der Waals surface area contributed by atoms with Gasteiger partial charge in [-0.25, -0.2) is 9.78 Å². The number of carbonyl (C=O) groups is 2. The average molecular weight is 547 g/mol. The SMILES string of the molecule is CC(=O)N1CCN(CC(c2cnc(NC(=O)[C@@H](N)C3CCC(C)CC3)s2)N2C=C(Cl)C=CC2=C=O)CC1. The number of carbonyl (C=O) groups excluding carboxylic acids is 3. The molecule has 11 heteroatoms. The van der Waals surface area contributed by atoms with Crippen molar-refractivity contribution in [2.24, 2.45) is 17.6 Å². The lowest BCUT2D eigenvalue weighted by atomic mass is 9.79. The van der Waals surface area contributed by atoms with Crippen molar-refractivity contribution in [3.63, 3.8) is 0 Å². The Kier molecular flexibility index (Phi) is 9.21. The van der Waals surface area contributed by atoms with Gasteiger partial charge < -0.3 is 20.9 Å². The summed E-state index contributed by atoms with van der Waals surface area (Å²) >= 11 is 7.67. The number of aromatic nitrogens is 1. The van der Waals surface area contributed by atoms with Crippen molar-refractivity contribution in [3.8, 4) is 0 Å². The van der Waals surface area contributed by atoms with Crippen molar-refractivity contribution in [1.82, 2.24) is 19.7 Å². The minimum absolute atomic E-state index is 0.0713. The number of nitrogens with zero attached hydrogens (tertiary/aromatic N) is 4. The molecule has 37 heavy (non-hydrogen) atoms. The minimum atomic E-state index is -0.563. The first kappa shape index (κ1) is 27.5. The minimum Gasteiger partial charge on any atom is -0.340 e. The van der Waals surface area contributed by atoms with Gasteiger partial charge in [0.15, 0.2) is 11.1 Å². The largest absolute Gasteiger partial charge is 0.340 e. The van der Waals surface area contributed by atoms with E-state index in [1.165, 1.54) is 11.3 Å². The number of hydrogen-bond donors (Lipinski definition) is 2. The highest BCUT2D eigenvalue weighted by Crippen LogP contribution is 2.35. The van der Waals surface area contributed by atoms with Crippen molar-refractivity contribution in [3.05, 3.63) is 40.2 Å². The first-order valence-electron chi connectivity index (χ1n) is 12.8. The predicted molar refractivity (Wildman–Crippen MR) is 145 cm³/mol. The lowest BCUT2D eigenvalue weighted by molar-refractivity contribution is -0.130. The van der Waals surface area contributed by atoms with Crippen molar-refractivity contribution in [2.75, 3.05) is 38.0 Å². The number of anilines is 1. The highest BCUT2D eigenvalue weighted by molar-refractivity contribution is 7.15. The smallest absolute Gasteiger partial charge is 0.243 e. The average Bonchev–Trinajstić information content (AvgIpc) is 3.35. The summed E-state index contributed by atoms with van der Waals surface area (Å²) in [5.41, 5.74) is 6.69. The number of thiazole rings is 1. The standard InChI is InChI=1S/C26H35ClN6O3S/c1-17-3-5-19(6-4-17)24(28)25(36)30-26-29-13-23(37-26)22(33-14-20(27)7-8-21(33)16-34)15-31-9-11-32(12-10-31)18(2)35/h7-8,13-14,17,19,22,24H,3-6,9-12,15,28H2,1-2H3,(H,29,30,36)/t17?,19?,22?,24-/m0/s1. The lowest BCUT2D eigenvalue weighted by Crippen LogP contribution is -2.50. The molecule has 3 aliphatic rings. The Labute approximate surface area is 227 Å². The maximum Gasteiger partial charge on any atom is 0.243 e. The number of rotatable bonds is 7. The van der Waals surface area contributed by atoms with Gasteiger partial charge in [-0.3, -0.25) is 14.5 Å². The van der Waals surface area contributed by atoms with E-state index in [0.29, 0.717) is 54.5 Å². The van der Waals surface area contributed by atoms with Crippen LogP contribution in [-0.2, 0) is 14.4 Å². The molecule has 0 bridgehead atoms. The molecule has 2 fully saturated rings. The Morgan fingerprint density at radius 2 is 1.92 bits per heavy atom. The highest BCUT2D eigenvalue weighted by atomic mass is 35.5. The van der Waals surface area contributed by atoms with E-state index >= 15 is 0 Å². The third kappa shape index (κ3) is 6.89. The molecule has 3 N–H and O–H groups in total. The van der Waals surface area contributed by atoms with Crippen LogP contribution < -0.4 is 11.1 Å². The van der Waals surface area contributed by atoms with Crippen molar-refractivity contribution in [1.29, 1.82) is 0 Å². The molecule has 1 unspecified atom stereocenters. The Morgan fingerprint density at radius 3 is 2.57 bits per heavy atom. The molecule has 1 saturated carbocycles. The Bertz CT molecular complexity index is 1100. The van der Waals surface area contributed by atoms with E-state index in [0.717, 1.165) is 30.6 Å². The van der Waals surface area contributed by atoms with E-state index in [1.54, 1.807) is 36.4 Å². The van der Waals surface area contributed by atoms with Gasteiger partial charge in [0, 0.05) is 52.0 Å². The fourth-order valence-electron chi connectivity index (χ4n) is 5.19. The van der Waals surface area contributed by atoms with Crippen LogP contribution in [-0.4, -0.2) is 76.2 Å². The first-order valence-corrected chi connectivity index (χ1v) is 14.0. The van der Waals surface area contributed by atoms with Crippen LogP contribution >= 0.6 is 22.9 Å². The van der Waals surface area contributed by atoms with Crippen LogP contribution in [0.1, 0.15) is 50.4 Å². The molecule has 1 aliphatic carbocycles. The van der Waals surface area contributed by atoms with Crippen LogP contribution in [0.25, 0.3) is 0 Å². The molecule has 2 amide bonds. The predicted octanol–water partition coefficient (Wildman–Crippen LogP) is 3.11. The number of allylic oxidation sites excluding steroid dienone is 3. The zero-order valence-electron chi connectivity index (χ0n) is 21.4. The normalized spacial score (nSPS) is 24.3. The van der Waals surface area contributed by atoms with Crippen LogP contribution in [0.5, 0.6) is 0 Å². The third-order valence-corrected chi connectivity index (χ3v) is 8.82. The monoisotopic (exact) mass is 546 g/mol. The molecule has 4 rings (SSSR count). The van der Waals surface area contributed by atoms with E-state index in [4.69, 9.17) is 17.3 Å². The van der Waals surface area contributed by atoms with Gasteiger partial charge in [-0.05, 0) is 36.8 Å². The first-order chi connectivity index (χ1) is 17.7. The quantitative estimate of drug-likeness (QED) is 0.505. The zero-order chi connectivity index (χ0) is 26.5. The molecule has 0 spiro atoms. The van der Waals surface area contributed by atoms with Crippen LogP contribution in [0.3, 0.4) is 0 Å². The summed E-state index contributed by atoms with van der Waals surface area (Å²) in [5, 5.41) is 3.89. The summed E-state index contributed by atoms with van der Waals surface area (Å²) in [4.78, 5) is 47.6. The van der Waals surface area contributed by atoms with Gasteiger partial charge in [-0.1, -0.05) is 42.7 Å². The molecule has 3 heterocycles. The van der Waals surface area contributed by atoms with Crippen LogP contribution in [0.2, 0.25) is 0 Å². The van der Waals surface area contributed by atoms with Crippen LogP contribution in [0.15, 0.2) is 35.3 Å². The molecule has 200 valence electrons. The van der Waals surface area contributed by atoms with Gasteiger partial charge in [-0.15, -0.1) is 0 Å². The van der Waals surface area contributed by atoms with Gasteiger partial charge in [0.1, 0.15) is 5.70 Å². The fraction of sp³-hybridized carbons (Fsp3) is 0.577. The van der Waals surface area contributed by atoms with Crippen molar-refractivity contribution >= 4 is 45.8 Å². The number of amides is 2. The molecule has 2 aliphatic heterocycles. The van der Waals surface area contributed by atoms with Crippen molar-refractivity contribution < 1.29 is 14.4 Å². The summed E-state index contributed by atoms with van der Waals surface area (Å²) in [6, 6.07) is -0.845. The van der Waals surface area contributed by atoms with Crippen LogP contribution in [0.4, 0.5) is 5.13 Å². The topological polar surface area (TPSA) is 112 Å². The van der Waals surface area contributed by atoms with Gasteiger partial charge in [0.25, 0.3) is 0 Å². The molecule has 0 radical (unpaired) electrons. The Balaban J connectivity index is 1.49. The van der Waals surface area contributed by atoms with Crippen LogP contribution in [0, 0.1) is 11.8 Å². The second kappa shape index (κ2) is 12.4. The maximum atomic E-state index is 12.9. The van der Waals surface area contributed by atoms with Gasteiger partial charge in [-0.2, -0.15) is 0 Å². The molecule has 9 nitrogen and oxygen atoms in total. The molecule has 2 atom stereocenters. The number of nitrogens with one attached hydrogen (secondary N) is 1. The molecule has 1 aromatic heterocycles. The summed E-state index contributed by atoms with van der Waals surface area (Å²) in [6.07, 6.45) is 10.9. The fourth-order valence-corrected chi connectivity index (χ4v) is 6.26. The van der Waals surface area contributed by atoms with Gasteiger partial charge >= 0.3 is 0 Å². The van der Waals surface area contributed by atoms with Crippen molar-refractivity contribution in [2.45, 2.75) is 51.6 Å². The number of hydrogen-bond acceptors (Lipinski definition) is 8.